The number of carbonyl (C=O) groups excluding carboxylic acids is 2. The van der Waals surface area contributed by atoms with Crippen molar-refractivity contribution in [1.29, 1.82) is 0 Å². The summed E-state index contributed by atoms with van der Waals surface area (Å²) in [7, 11) is 3.58. The molecule has 2 N–H and O–H groups in total. The van der Waals surface area contributed by atoms with Crippen molar-refractivity contribution in [2.45, 2.75) is 19.3 Å². The summed E-state index contributed by atoms with van der Waals surface area (Å²) in [6.45, 7) is 2.47. The van der Waals surface area contributed by atoms with Gasteiger partial charge in [-0.2, -0.15) is 0 Å². The molecule has 1 aromatic rings. The molecule has 2 aliphatic carbocycles. The number of hydrogen-bond donors (Lipinski definition) is 2. The second-order valence-electron chi connectivity index (χ2n) is 8.83. The SMILES string of the molecule is CN=C(NCCCN1C(=O)C2C3C=CC(C3)C2C1=O)NCCCN(C)c1ccccc1F.I. The molecule has 7 nitrogen and oxygen atoms in total. The summed E-state index contributed by atoms with van der Waals surface area (Å²) < 4.78 is 13.8. The molecule has 4 atom stereocenters. The Kier molecular flexibility index (Phi) is 8.72. The number of rotatable bonds is 9. The molecule has 1 aromatic carbocycles. The van der Waals surface area contributed by atoms with Crippen LogP contribution in [-0.2, 0) is 9.59 Å². The first-order valence-electron chi connectivity index (χ1n) is 11.4. The quantitative estimate of drug-likeness (QED) is 0.120. The standard InChI is InChI=1S/C24H32FN5O2.HI/c1-26-24(27-11-5-13-29(2)19-8-4-3-7-18(19)25)28-12-6-14-30-22(31)20-16-9-10-17(15-16)21(20)23(30)32;/h3-4,7-10,16-17,20-21H,5-6,11-15H2,1-2H3,(H2,26,27,28);1H. The van der Waals surface area contributed by atoms with Gasteiger partial charge in [0, 0.05) is 40.3 Å². The first kappa shape index (κ1) is 25.5. The fourth-order valence-electron chi connectivity index (χ4n) is 5.25. The molecule has 4 unspecified atom stereocenters. The van der Waals surface area contributed by atoms with Crippen molar-refractivity contribution < 1.29 is 14.0 Å². The Morgan fingerprint density at radius 2 is 1.70 bits per heavy atom. The first-order valence-corrected chi connectivity index (χ1v) is 11.4. The van der Waals surface area contributed by atoms with E-state index in [1.165, 1.54) is 11.0 Å². The molecule has 2 bridgehead atoms. The lowest BCUT2D eigenvalue weighted by molar-refractivity contribution is -0.140. The molecule has 0 radical (unpaired) electrons. The average Bonchev–Trinajstić information content (AvgIpc) is 3.47. The maximum atomic E-state index is 13.8. The number of aliphatic imine (C=N–C) groups is 1. The number of likely N-dealkylation sites (tertiary alicyclic amines) is 1. The highest BCUT2D eigenvalue weighted by atomic mass is 127. The Hall–Kier alpha value is -2.17. The normalized spacial score (nSPS) is 25.3. The van der Waals surface area contributed by atoms with Gasteiger partial charge in [-0.05, 0) is 43.2 Å². The first-order chi connectivity index (χ1) is 15.5. The van der Waals surface area contributed by atoms with Crippen LogP contribution in [0.4, 0.5) is 10.1 Å². The molecular weight excluding hydrogens is 536 g/mol. The van der Waals surface area contributed by atoms with E-state index in [9.17, 15) is 14.0 Å². The number of fused-ring (bicyclic) bond motifs is 5. The summed E-state index contributed by atoms with van der Waals surface area (Å²) in [5, 5.41) is 6.49. The number of para-hydroxylation sites is 1. The average molecular weight is 569 g/mol. The maximum absolute atomic E-state index is 13.8. The summed E-state index contributed by atoms with van der Waals surface area (Å²) in [5.74, 6) is 0.746. The molecule has 9 heteroatoms. The number of anilines is 1. The van der Waals surface area contributed by atoms with E-state index >= 15 is 0 Å². The van der Waals surface area contributed by atoms with Crippen molar-refractivity contribution in [3.63, 3.8) is 0 Å². The van der Waals surface area contributed by atoms with E-state index in [2.05, 4.69) is 27.8 Å². The van der Waals surface area contributed by atoms with E-state index in [4.69, 9.17) is 0 Å². The Balaban J connectivity index is 0.00000306. The van der Waals surface area contributed by atoms with Crippen LogP contribution < -0.4 is 15.5 Å². The molecule has 3 aliphatic rings. The van der Waals surface area contributed by atoms with Crippen LogP contribution in [0.15, 0.2) is 41.4 Å². The third-order valence-electron chi connectivity index (χ3n) is 6.86. The van der Waals surface area contributed by atoms with Crippen molar-refractivity contribution in [3.05, 3.63) is 42.2 Å². The van der Waals surface area contributed by atoms with Gasteiger partial charge in [0.1, 0.15) is 5.82 Å². The molecule has 2 fully saturated rings. The summed E-state index contributed by atoms with van der Waals surface area (Å²) in [5.41, 5.74) is 0.592. The minimum absolute atomic E-state index is 0. The molecule has 0 aromatic heterocycles. The van der Waals surface area contributed by atoms with Gasteiger partial charge in [-0.25, -0.2) is 4.39 Å². The number of allylic oxidation sites excluding steroid dienone is 2. The van der Waals surface area contributed by atoms with Crippen molar-refractivity contribution in [1.82, 2.24) is 15.5 Å². The van der Waals surface area contributed by atoms with Crippen molar-refractivity contribution in [2.75, 3.05) is 45.2 Å². The number of nitrogens with one attached hydrogen (secondary N) is 2. The fourth-order valence-corrected chi connectivity index (χ4v) is 5.25. The van der Waals surface area contributed by atoms with Crippen LogP contribution in [0.5, 0.6) is 0 Å². The van der Waals surface area contributed by atoms with Crippen LogP contribution in [0.2, 0.25) is 0 Å². The smallest absolute Gasteiger partial charge is 0.233 e. The number of halogens is 2. The minimum atomic E-state index is -0.219. The van der Waals surface area contributed by atoms with Gasteiger partial charge in [-0.1, -0.05) is 24.3 Å². The van der Waals surface area contributed by atoms with Crippen molar-refractivity contribution >= 4 is 47.4 Å². The fraction of sp³-hybridized carbons (Fsp3) is 0.542. The monoisotopic (exact) mass is 569 g/mol. The number of guanidine groups is 1. The number of hydrogen-bond acceptors (Lipinski definition) is 4. The molecule has 1 saturated carbocycles. The summed E-state index contributed by atoms with van der Waals surface area (Å²) in [4.78, 5) is 33.0. The van der Waals surface area contributed by atoms with Crippen LogP contribution in [0.1, 0.15) is 19.3 Å². The van der Waals surface area contributed by atoms with Gasteiger partial charge in [-0.3, -0.25) is 19.5 Å². The summed E-state index contributed by atoms with van der Waals surface area (Å²) >= 11 is 0. The van der Waals surface area contributed by atoms with Crippen LogP contribution in [0, 0.1) is 29.5 Å². The molecule has 1 heterocycles. The highest BCUT2D eigenvalue weighted by Crippen LogP contribution is 2.52. The molecule has 4 rings (SSSR count). The van der Waals surface area contributed by atoms with E-state index in [0.717, 1.165) is 12.8 Å². The molecule has 1 aliphatic heterocycles. The van der Waals surface area contributed by atoms with Crippen LogP contribution in [0.25, 0.3) is 0 Å². The molecule has 0 spiro atoms. The van der Waals surface area contributed by atoms with E-state index in [1.54, 1.807) is 19.2 Å². The lowest BCUT2D eigenvalue weighted by Crippen LogP contribution is -2.40. The zero-order chi connectivity index (χ0) is 22.7. The molecular formula is C24H33FIN5O2. The zero-order valence-electron chi connectivity index (χ0n) is 19.2. The summed E-state index contributed by atoms with van der Waals surface area (Å²) in [6, 6.07) is 6.75. The number of amides is 2. The Labute approximate surface area is 211 Å². The van der Waals surface area contributed by atoms with Gasteiger partial charge in [0.25, 0.3) is 0 Å². The minimum Gasteiger partial charge on any atom is -0.372 e. The van der Waals surface area contributed by atoms with Gasteiger partial charge in [0.2, 0.25) is 11.8 Å². The second-order valence-corrected chi connectivity index (χ2v) is 8.83. The van der Waals surface area contributed by atoms with E-state index in [1.807, 2.05) is 18.0 Å². The van der Waals surface area contributed by atoms with Crippen LogP contribution in [-0.4, -0.2) is 62.9 Å². The van der Waals surface area contributed by atoms with Crippen molar-refractivity contribution in [2.24, 2.45) is 28.7 Å². The molecule has 2 amide bonds. The van der Waals surface area contributed by atoms with E-state index in [0.29, 0.717) is 44.2 Å². The van der Waals surface area contributed by atoms with Gasteiger partial charge < -0.3 is 15.5 Å². The number of imide groups is 1. The van der Waals surface area contributed by atoms with Gasteiger partial charge in [0.05, 0.1) is 17.5 Å². The second kappa shape index (κ2) is 11.3. The lowest BCUT2D eigenvalue weighted by Gasteiger charge is -2.20. The summed E-state index contributed by atoms with van der Waals surface area (Å²) in [6.07, 6.45) is 6.69. The largest absolute Gasteiger partial charge is 0.372 e. The van der Waals surface area contributed by atoms with Crippen LogP contribution in [0.3, 0.4) is 0 Å². The van der Waals surface area contributed by atoms with E-state index in [-0.39, 0.29) is 65.3 Å². The molecule has 1 saturated heterocycles. The Bertz CT molecular complexity index is 894. The predicted molar refractivity (Wildman–Crippen MR) is 138 cm³/mol. The number of benzene rings is 1. The maximum Gasteiger partial charge on any atom is 0.233 e. The highest BCUT2D eigenvalue weighted by molar-refractivity contribution is 14.0. The predicted octanol–water partition coefficient (Wildman–Crippen LogP) is 2.63. The number of nitrogens with zero attached hydrogens (tertiary/aromatic N) is 3. The van der Waals surface area contributed by atoms with Gasteiger partial charge in [-0.15, -0.1) is 24.0 Å². The van der Waals surface area contributed by atoms with E-state index < -0.39 is 0 Å². The third kappa shape index (κ3) is 5.33. The van der Waals surface area contributed by atoms with Crippen LogP contribution >= 0.6 is 24.0 Å². The molecule has 180 valence electrons. The zero-order valence-corrected chi connectivity index (χ0v) is 21.5. The topological polar surface area (TPSA) is 77.0 Å². The van der Waals surface area contributed by atoms with Gasteiger partial charge >= 0.3 is 0 Å². The molecule has 33 heavy (non-hydrogen) atoms. The number of carbonyl (C=O) groups is 2. The van der Waals surface area contributed by atoms with Crippen molar-refractivity contribution in [3.8, 4) is 0 Å². The highest BCUT2D eigenvalue weighted by Gasteiger charge is 2.58. The van der Waals surface area contributed by atoms with Gasteiger partial charge in [0.15, 0.2) is 5.96 Å². The lowest BCUT2D eigenvalue weighted by atomic mass is 9.85. The Morgan fingerprint density at radius 3 is 2.30 bits per heavy atom. The third-order valence-corrected chi connectivity index (χ3v) is 6.86. The Morgan fingerprint density at radius 1 is 1.09 bits per heavy atom.